The molecule has 0 saturated carbocycles. The minimum absolute atomic E-state index is 0.449. The summed E-state index contributed by atoms with van der Waals surface area (Å²) >= 11 is 0. The highest BCUT2D eigenvalue weighted by Gasteiger charge is 2.16. The van der Waals surface area contributed by atoms with E-state index in [0.29, 0.717) is 12.6 Å². The Morgan fingerprint density at radius 3 is 2.90 bits per heavy atom. The van der Waals surface area contributed by atoms with Gasteiger partial charge in [-0.3, -0.25) is 4.90 Å². The number of ether oxygens (including phenoxy) is 1. The van der Waals surface area contributed by atoms with Gasteiger partial charge in [-0.15, -0.1) is 0 Å². The Morgan fingerprint density at radius 1 is 1.43 bits per heavy atom. The molecule has 0 aromatic carbocycles. The lowest BCUT2D eigenvalue weighted by Gasteiger charge is -2.32. The minimum Gasteiger partial charge on any atom is -0.379 e. The maximum absolute atomic E-state index is 5.38. The highest BCUT2D eigenvalue weighted by molar-refractivity contribution is 5.79. The van der Waals surface area contributed by atoms with E-state index in [1.54, 1.807) is 6.26 Å². The molecule has 7 nitrogen and oxygen atoms in total. The van der Waals surface area contributed by atoms with Gasteiger partial charge in [-0.2, -0.15) is 0 Å². The van der Waals surface area contributed by atoms with Crippen LogP contribution in [0.25, 0.3) is 0 Å². The summed E-state index contributed by atoms with van der Waals surface area (Å²) in [7, 11) is 0. The molecule has 0 aliphatic carbocycles. The Balaban J connectivity index is 1.79. The molecule has 1 aliphatic heterocycles. The number of nitrogens with one attached hydrogen (secondary N) is 2. The maximum Gasteiger partial charge on any atom is 0.191 e. The summed E-state index contributed by atoms with van der Waals surface area (Å²) in [4.78, 5) is 6.93. The van der Waals surface area contributed by atoms with Crippen LogP contribution in [0.4, 0.5) is 0 Å². The molecule has 1 atom stereocenters. The number of guanidine groups is 1. The van der Waals surface area contributed by atoms with Crippen molar-refractivity contribution in [1.29, 1.82) is 0 Å². The fraction of sp³-hybridized carbons (Fsp3) is 0.714. The van der Waals surface area contributed by atoms with Crippen molar-refractivity contribution in [2.45, 2.75) is 26.4 Å². The summed E-state index contributed by atoms with van der Waals surface area (Å²) in [6, 6.07) is 2.27. The first-order valence-electron chi connectivity index (χ1n) is 7.53. The lowest BCUT2D eigenvalue weighted by atomic mass is 10.2. The lowest BCUT2D eigenvalue weighted by molar-refractivity contribution is 0.0211. The summed E-state index contributed by atoms with van der Waals surface area (Å²) in [5.74, 6) is 0.806. The van der Waals surface area contributed by atoms with Crippen LogP contribution in [0.3, 0.4) is 0 Å². The molecular formula is C14H25N5O2. The molecule has 0 radical (unpaired) electrons. The van der Waals surface area contributed by atoms with Crippen molar-refractivity contribution in [1.82, 2.24) is 20.7 Å². The molecule has 21 heavy (non-hydrogen) atoms. The second kappa shape index (κ2) is 8.63. The van der Waals surface area contributed by atoms with Gasteiger partial charge in [0.2, 0.25) is 0 Å². The third-order valence-corrected chi connectivity index (χ3v) is 3.47. The lowest BCUT2D eigenvalue weighted by Crippen LogP contribution is -2.49. The molecule has 1 saturated heterocycles. The van der Waals surface area contributed by atoms with Gasteiger partial charge in [0.25, 0.3) is 0 Å². The number of hydrogen-bond acceptors (Lipinski definition) is 5. The van der Waals surface area contributed by atoms with Gasteiger partial charge in [0.05, 0.1) is 19.8 Å². The molecule has 1 aromatic heterocycles. The van der Waals surface area contributed by atoms with Crippen molar-refractivity contribution >= 4 is 5.96 Å². The number of aliphatic imine (C=N–C) groups is 1. The Morgan fingerprint density at radius 2 is 2.24 bits per heavy atom. The monoisotopic (exact) mass is 295 g/mol. The molecule has 2 N–H and O–H groups in total. The van der Waals surface area contributed by atoms with Gasteiger partial charge in [-0.1, -0.05) is 5.16 Å². The molecule has 0 spiro atoms. The molecule has 1 fully saturated rings. The van der Waals surface area contributed by atoms with Crippen LogP contribution in [0, 0.1) is 0 Å². The maximum atomic E-state index is 5.38. The largest absolute Gasteiger partial charge is 0.379 e. The smallest absolute Gasteiger partial charge is 0.191 e. The predicted octanol–water partition coefficient (Wildman–Crippen LogP) is 0.450. The minimum atomic E-state index is 0.449. The highest BCUT2D eigenvalue weighted by atomic mass is 16.5. The first kappa shape index (κ1) is 15.8. The van der Waals surface area contributed by atoms with Gasteiger partial charge in [-0.05, 0) is 13.8 Å². The first-order chi connectivity index (χ1) is 10.3. The van der Waals surface area contributed by atoms with Gasteiger partial charge in [-0.25, -0.2) is 4.99 Å². The number of rotatable bonds is 6. The van der Waals surface area contributed by atoms with Crippen molar-refractivity contribution in [2.24, 2.45) is 4.99 Å². The summed E-state index contributed by atoms with van der Waals surface area (Å²) in [6.07, 6.45) is 1.56. The van der Waals surface area contributed by atoms with E-state index in [1.165, 1.54) is 0 Å². The van der Waals surface area contributed by atoms with E-state index in [1.807, 2.05) is 6.07 Å². The Hall–Kier alpha value is -1.60. The van der Waals surface area contributed by atoms with E-state index in [4.69, 9.17) is 9.26 Å². The van der Waals surface area contributed by atoms with Crippen molar-refractivity contribution in [2.75, 3.05) is 39.4 Å². The Kier molecular flexibility index (Phi) is 6.49. The first-order valence-corrected chi connectivity index (χ1v) is 7.53. The van der Waals surface area contributed by atoms with E-state index >= 15 is 0 Å². The molecule has 7 heteroatoms. The topological polar surface area (TPSA) is 74.9 Å². The number of hydrogen-bond donors (Lipinski definition) is 2. The summed E-state index contributed by atoms with van der Waals surface area (Å²) in [5, 5.41) is 10.5. The fourth-order valence-electron chi connectivity index (χ4n) is 2.21. The van der Waals surface area contributed by atoms with E-state index in [-0.39, 0.29) is 0 Å². The predicted molar refractivity (Wildman–Crippen MR) is 81.2 cm³/mol. The molecule has 2 rings (SSSR count). The second-order valence-corrected chi connectivity index (χ2v) is 5.06. The van der Waals surface area contributed by atoms with Crippen LogP contribution in [0.1, 0.15) is 19.5 Å². The van der Waals surface area contributed by atoms with E-state index in [9.17, 15) is 0 Å². The molecule has 2 heterocycles. The molecule has 1 aromatic rings. The molecule has 118 valence electrons. The van der Waals surface area contributed by atoms with Crippen LogP contribution in [0.5, 0.6) is 0 Å². The van der Waals surface area contributed by atoms with Crippen molar-refractivity contribution in [3.8, 4) is 0 Å². The standard InChI is InChI=1S/C14H25N5O2/c1-3-15-14(17-11-13-4-7-21-18-13)16-10-12(2)19-5-8-20-9-6-19/h4,7,12H,3,5-6,8-11H2,1-2H3,(H2,15,16,17). The molecule has 0 amide bonds. The summed E-state index contributed by atoms with van der Waals surface area (Å²) in [6.45, 7) is 10.1. The van der Waals surface area contributed by atoms with Gasteiger partial charge in [0, 0.05) is 38.3 Å². The average molecular weight is 295 g/mol. The third kappa shape index (κ3) is 5.35. The zero-order valence-corrected chi connectivity index (χ0v) is 12.8. The van der Waals surface area contributed by atoms with E-state index < -0.39 is 0 Å². The summed E-state index contributed by atoms with van der Waals surface area (Å²) < 4.78 is 10.2. The second-order valence-electron chi connectivity index (χ2n) is 5.06. The number of aromatic nitrogens is 1. The third-order valence-electron chi connectivity index (χ3n) is 3.47. The van der Waals surface area contributed by atoms with Crippen LogP contribution in [0.15, 0.2) is 21.8 Å². The molecule has 0 bridgehead atoms. The Bertz CT molecular complexity index is 415. The summed E-state index contributed by atoms with van der Waals surface area (Å²) in [5.41, 5.74) is 0.827. The van der Waals surface area contributed by atoms with Crippen LogP contribution in [-0.2, 0) is 11.3 Å². The van der Waals surface area contributed by atoms with Crippen LogP contribution in [0.2, 0.25) is 0 Å². The highest BCUT2D eigenvalue weighted by Crippen LogP contribution is 2.02. The average Bonchev–Trinajstić information content (AvgIpc) is 3.04. The van der Waals surface area contributed by atoms with Crippen molar-refractivity contribution in [3.63, 3.8) is 0 Å². The van der Waals surface area contributed by atoms with Crippen LogP contribution < -0.4 is 10.6 Å². The number of morpholine rings is 1. The number of nitrogens with zero attached hydrogens (tertiary/aromatic N) is 3. The zero-order valence-electron chi connectivity index (χ0n) is 12.8. The van der Waals surface area contributed by atoms with Gasteiger partial charge >= 0.3 is 0 Å². The normalized spacial score (nSPS) is 18.5. The fourth-order valence-corrected chi connectivity index (χ4v) is 2.21. The van der Waals surface area contributed by atoms with Gasteiger partial charge in [0.15, 0.2) is 5.96 Å². The van der Waals surface area contributed by atoms with Crippen molar-refractivity contribution in [3.05, 3.63) is 18.0 Å². The molecular weight excluding hydrogens is 270 g/mol. The van der Waals surface area contributed by atoms with Crippen molar-refractivity contribution < 1.29 is 9.26 Å². The van der Waals surface area contributed by atoms with Crippen LogP contribution >= 0.6 is 0 Å². The van der Waals surface area contributed by atoms with E-state index in [2.05, 4.69) is 39.5 Å². The molecule has 1 unspecified atom stereocenters. The van der Waals surface area contributed by atoms with Gasteiger partial charge < -0.3 is 19.9 Å². The van der Waals surface area contributed by atoms with Gasteiger partial charge in [0.1, 0.15) is 12.0 Å². The zero-order chi connectivity index (χ0) is 14.9. The SMILES string of the molecule is CCNC(=NCc1ccon1)NCC(C)N1CCOCC1. The molecule has 1 aliphatic rings. The Labute approximate surface area is 125 Å². The van der Waals surface area contributed by atoms with Crippen LogP contribution in [-0.4, -0.2) is 61.5 Å². The van der Waals surface area contributed by atoms with E-state index in [0.717, 1.165) is 51.0 Å². The quantitative estimate of drug-likeness (QED) is 0.586.